The number of esters is 1. The zero-order chi connectivity index (χ0) is 14.9. The zero-order valence-corrected chi connectivity index (χ0v) is 12.9. The van der Waals surface area contributed by atoms with Gasteiger partial charge in [-0.3, -0.25) is 4.79 Å². The summed E-state index contributed by atoms with van der Waals surface area (Å²) in [6.45, 7) is 2.85. The average Bonchev–Trinajstić information content (AvgIpc) is 2.70. The number of halogens is 3. The van der Waals surface area contributed by atoms with E-state index in [1.165, 1.54) is 12.1 Å². The van der Waals surface area contributed by atoms with Crippen LogP contribution in [0.5, 0.6) is 0 Å². The summed E-state index contributed by atoms with van der Waals surface area (Å²) in [6, 6.07) is 2.44. The summed E-state index contributed by atoms with van der Waals surface area (Å²) in [5.74, 6) is -2.72. The fraction of sp³-hybridized carbons (Fsp3) is 0.500. The largest absolute Gasteiger partial charge is 0.466 e. The normalized spacial score (nSPS) is 23.1. The SMILES string of the molecule is CCOC(=O)C1CN(C)CC1c1c(F)cc(Br)cc1F. The molecule has 0 bridgehead atoms. The van der Waals surface area contributed by atoms with Crippen LogP contribution >= 0.6 is 15.9 Å². The molecule has 110 valence electrons. The van der Waals surface area contributed by atoms with E-state index in [0.717, 1.165) is 0 Å². The van der Waals surface area contributed by atoms with Gasteiger partial charge in [0.1, 0.15) is 11.6 Å². The minimum Gasteiger partial charge on any atom is -0.466 e. The molecule has 1 heterocycles. The van der Waals surface area contributed by atoms with Crippen molar-refractivity contribution in [2.24, 2.45) is 5.92 Å². The molecule has 3 nitrogen and oxygen atoms in total. The van der Waals surface area contributed by atoms with Gasteiger partial charge in [0.2, 0.25) is 0 Å². The number of carbonyl (C=O) groups is 1. The first-order chi connectivity index (χ1) is 9.43. The summed E-state index contributed by atoms with van der Waals surface area (Å²) in [4.78, 5) is 13.8. The summed E-state index contributed by atoms with van der Waals surface area (Å²) in [5.41, 5.74) is -0.0318. The molecule has 1 aliphatic rings. The van der Waals surface area contributed by atoms with Gasteiger partial charge >= 0.3 is 5.97 Å². The van der Waals surface area contributed by atoms with Gasteiger partial charge in [-0.05, 0) is 26.1 Å². The number of ether oxygens (including phenoxy) is 1. The summed E-state index contributed by atoms with van der Waals surface area (Å²) in [7, 11) is 1.82. The van der Waals surface area contributed by atoms with Crippen molar-refractivity contribution in [3.63, 3.8) is 0 Å². The molecule has 0 spiro atoms. The maximum Gasteiger partial charge on any atom is 0.310 e. The van der Waals surface area contributed by atoms with Gasteiger partial charge in [0.25, 0.3) is 0 Å². The summed E-state index contributed by atoms with van der Waals surface area (Å²) in [5, 5.41) is 0. The van der Waals surface area contributed by atoms with E-state index < -0.39 is 29.4 Å². The maximum absolute atomic E-state index is 14.1. The molecule has 0 N–H and O–H groups in total. The lowest BCUT2D eigenvalue weighted by Gasteiger charge is -2.18. The van der Waals surface area contributed by atoms with Crippen molar-refractivity contribution >= 4 is 21.9 Å². The van der Waals surface area contributed by atoms with Crippen LogP contribution in [0.4, 0.5) is 8.78 Å². The monoisotopic (exact) mass is 347 g/mol. The van der Waals surface area contributed by atoms with Crippen LogP contribution in [0.2, 0.25) is 0 Å². The van der Waals surface area contributed by atoms with Crippen molar-refractivity contribution in [3.8, 4) is 0 Å². The highest BCUT2D eigenvalue weighted by Crippen LogP contribution is 2.36. The van der Waals surface area contributed by atoms with Gasteiger partial charge in [0.15, 0.2) is 0 Å². The van der Waals surface area contributed by atoms with E-state index in [-0.39, 0.29) is 12.2 Å². The van der Waals surface area contributed by atoms with Gasteiger partial charge in [-0.15, -0.1) is 0 Å². The van der Waals surface area contributed by atoms with Gasteiger partial charge in [-0.25, -0.2) is 8.78 Å². The summed E-state index contributed by atoms with van der Waals surface area (Å²) in [6.07, 6.45) is 0. The van der Waals surface area contributed by atoms with Gasteiger partial charge in [-0.1, -0.05) is 15.9 Å². The molecule has 2 atom stereocenters. The van der Waals surface area contributed by atoms with E-state index in [1.54, 1.807) is 6.92 Å². The van der Waals surface area contributed by atoms with Crippen LogP contribution in [0.1, 0.15) is 18.4 Å². The summed E-state index contributed by atoms with van der Waals surface area (Å²) >= 11 is 3.05. The minimum atomic E-state index is -0.633. The van der Waals surface area contributed by atoms with Crippen molar-refractivity contribution in [2.45, 2.75) is 12.8 Å². The first-order valence-electron chi connectivity index (χ1n) is 6.43. The predicted octanol–water partition coefficient (Wildman–Crippen LogP) is 2.94. The standard InChI is InChI=1S/C14H16BrF2NO2/c1-3-20-14(19)10-7-18(2)6-9(10)13-11(16)4-8(15)5-12(13)17/h4-5,9-10H,3,6-7H2,1-2H3. The Bertz CT molecular complexity index is 501. The van der Waals surface area contributed by atoms with Crippen LogP contribution in [-0.4, -0.2) is 37.6 Å². The second-order valence-corrected chi connectivity index (χ2v) is 5.89. The number of nitrogens with zero attached hydrogens (tertiary/aromatic N) is 1. The van der Waals surface area contributed by atoms with Gasteiger partial charge < -0.3 is 9.64 Å². The Morgan fingerprint density at radius 1 is 1.40 bits per heavy atom. The number of carbonyl (C=O) groups excluding carboxylic acids is 1. The van der Waals surface area contributed by atoms with Gasteiger partial charge in [0.05, 0.1) is 12.5 Å². The molecule has 1 saturated heterocycles. The van der Waals surface area contributed by atoms with E-state index >= 15 is 0 Å². The third-order valence-electron chi connectivity index (χ3n) is 3.51. The lowest BCUT2D eigenvalue weighted by molar-refractivity contribution is -0.148. The topological polar surface area (TPSA) is 29.5 Å². The molecular weight excluding hydrogens is 332 g/mol. The minimum absolute atomic E-state index is 0.0318. The van der Waals surface area contributed by atoms with Crippen LogP contribution < -0.4 is 0 Å². The Balaban J connectivity index is 2.37. The van der Waals surface area contributed by atoms with Crippen LogP contribution in [0.15, 0.2) is 16.6 Å². The molecule has 2 rings (SSSR count). The van der Waals surface area contributed by atoms with Gasteiger partial charge in [-0.2, -0.15) is 0 Å². The van der Waals surface area contributed by atoms with Crippen molar-refractivity contribution < 1.29 is 18.3 Å². The van der Waals surface area contributed by atoms with Crippen LogP contribution in [0.3, 0.4) is 0 Å². The van der Waals surface area contributed by atoms with E-state index in [1.807, 2.05) is 11.9 Å². The molecule has 6 heteroatoms. The quantitative estimate of drug-likeness (QED) is 0.787. The molecule has 2 unspecified atom stereocenters. The van der Waals surface area contributed by atoms with E-state index in [2.05, 4.69) is 15.9 Å². The number of hydrogen-bond acceptors (Lipinski definition) is 3. The van der Waals surface area contributed by atoms with Crippen molar-refractivity contribution in [1.29, 1.82) is 0 Å². The first-order valence-corrected chi connectivity index (χ1v) is 7.23. The Hall–Kier alpha value is -1.01. The van der Waals surface area contributed by atoms with Crippen LogP contribution in [0, 0.1) is 17.6 Å². The molecule has 1 aromatic carbocycles. The Morgan fingerprint density at radius 3 is 2.55 bits per heavy atom. The molecule has 0 aliphatic carbocycles. The highest BCUT2D eigenvalue weighted by molar-refractivity contribution is 9.10. The van der Waals surface area contributed by atoms with Gasteiger partial charge in [0, 0.05) is 29.0 Å². The molecule has 1 fully saturated rings. The molecule has 1 aliphatic heterocycles. The summed E-state index contributed by atoms with van der Waals surface area (Å²) < 4.78 is 33.5. The molecule has 0 amide bonds. The fourth-order valence-corrected chi connectivity index (χ4v) is 3.09. The number of likely N-dealkylation sites (tertiary alicyclic amines) is 1. The Labute approximate surface area is 125 Å². The number of rotatable bonds is 3. The predicted molar refractivity (Wildman–Crippen MR) is 74.4 cm³/mol. The number of likely N-dealkylation sites (N-methyl/N-ethyl adjacent to an activating group) is 1. The Kier molecular flexibility index (Phi) is 4.75. The lowest BCUT2D eigenvalue weighted by atomic mass is 9.88. The Morgan fingerprint density at radius 2 is 2.00 bits per heavy atom. The van der Waals surface area contributed by atoms with E-state index in [4.69, 9.17) is 4.74 Å². The van der Waals surface area contributed by atoms with Crippen LogP contribution in [-0.2, 0) is 9.53 Å². The highest BCUT2D eigenvalue weighted by Gasteiger charge is 2.40. The molecular formula is C14H16BrF2NO2. The number of benzene rings is 1. The maximum atomic E-state index is 14.1. The second kappa shape index (κ2) is 6.18. The van der Waals surface area contributed by atoms with E-state index in [0.29, 0.717) is 17.6 Å². The second-order valence-electron chi connectivity index (χ2n) is 4.97. The first kappa shape index (κ1) is 15.4. The fourth-order valence-electron chi connectivity index (χ4n) is 2.69. The van der Waals surface area contributed by atoms with Crippen molar-refractivity contribution in [3.05, 3.63) is 33.8 Å². The van der Waals surface area contributed by atoms with Crippen molar-refractivity contribution in [1.82, 2.24) is 4.90 Å². The third-order valence-corrected chi connectivity index (χ3v) is 3.96. The average molecular weight is 348 g/mol. The molecule has 0 radical (unpaired) electrons. The number of hydrogen-bond donors (Lipinski definition) is 0. The molecule has 1 aromatic rings. The molecule has 20 heavy (non-hydrogen) atoms. The zero-order valence-electron chi connectivity index (χ0n) is 11.3. The third kappa shape index (κ3) is 3.01. The smallest absolute Gasteiger partial charge is 0.310 e. The lowest BCUT2D eigenvalue weighted by Crippen LogP contribution is -2.25. The molecule has 0 saturated carbocycles. The van der Waals surface area contributed by atoms with E-state index in [9.17, 15) is 13.6 Å². The highest BCUT2D eigenvalue weighted by atomic mass is 79.9. The van der Waals surface area contributed by atoms with Crippen LogP contribution in [0.25, 0.3) is 0 Å². The molecule has 0 aromatic heterocycles. The van der Waals surface area contributed by atoms with Crippen molar-refractivity contribution in [2.75, 3.05) is 26.7 Å².